The highest BCUT2D eigenvalue weighted by atomic mass is 79.9. The van der Waals surface area contributed by atoms with Crippen molar-refractivity contribution in [1.82, 2.24) is 9.38 Å². The molecule has 0 fully saturated rings. The van der Waals surface area contributed by atoms with Crippen molar-refractivity contribution >= 4 is 33.6 Å². The third kappa shape index (κ3) is 5.24. The SMILES string of the molecule is COc1cc(C=CC(=O)OCc2cc(=O)n3cc(Br)ccc3n2)ccc1OCC#N. The second-order valence-electron chi connectivity index (χ2n) is 5.96. The Hall–Kier alpha value is -3.64. The van der Waals surface area contributed by atoms with E-state index in [1.165, 1.54) is 23.7 Å². The largest absolute Gasteiger partial charge is 0.493 e. The van der Waals surface area contributed by atoms with E-state index in [2.05, 4.69) is 20.9 Å². The molecule has 3 aromatic rings. The minimum atomic E-state index is -0.587. The van der Waals surface area contributed by atoms with Crippen LogP contribution in [-0.2, 0) is 16.1 Å². The summed E-state index contributed by atoms with van der Waals surface area (Å²) < 4.78 is 17.8. The van der Waals surface area contributed by atoms with Crippen LogP contribution in [0.15, 0.2) is 57.9 Å². The summed E-state index contributed by atoms with van der Waals surface area (Å²) in [6.07, 6.45) is 4.43. The monoisotopic (exact) mass is 469 g/mol. The van der Waals surface area contributed by atoms with E-state index in [1.54, 1.807) is 42.6 Å². The molecule has 3 rings (SSSR count). The number of carbonyl (C=O) groups excluding carboxylic acids is 1. The zero-order valence-electron chi connectivity index (χ0n) is 15.9. The Labute approximate surface area is 180 Å². The van der Waals surface area contributed by atoms with Gasteiger partial charge in [-0.25, -0.2) is 9.78 Å². The molecule has 152 valence electrons. The van der Waals surface area contributed by atoms with Crippen molar-refractivity contribution in [2.45, 2.75) is 6.61 Å². The fourth-order valence-corrected chi connectivity index (χ4v) is 2.91. The lowest BCUT2D eigenvalue weighted by molar-refractivity contribution is -0.139. The number of rotatable bonds is 7. The van der Waals surface area contributed by atoms with Crippen molar-refractivity contribution in [1.29, 1.82) is 5.26 Å². The zero-order chi connectivity index (χ0) is 21.5. The first-order valence-electron chi connectivity index (χ1n) is 8.70. The molecular formula is C21H16BrN3O5. The van der Waals surface area contributed by atoms with Gasteiger partial charge in [-0.15, -0.1) is 0 Å². The standard InChI is InChI=1S/C21H16BrN3O5/c1-28-18-10-14(2-5-17(18)29-9-8-23)3-7-21(27)30-13-16-11-20(26)25-12-15(22)4-6-19(25)24-16/h2-7,10-12H,9,13H2,1H3. The van der Waals surface area contributed by atoms with Gasteiger partial charge in [0, 0.05) is 22.8 Å². The average Bonchev–Trinajstić information content (AvgIpc) is 2.75. The number of fused-ring (bicyclic) bond motifs is 1. The number of carbonyl (C=O) groups is 1. The molecule has 0 radical (unpaired) electrons. The van der Waals surface area contributed by atoms with Gasteiger partial charge in [0.1, 0.15) is 18.3 Å². The molecule has 0 saturated carbocycles. The summed E-state index contributed by atoms with van der Waals surface area (Å²) in [6.45, 7) is -0.225. The van der Waals surface area contributed by atoms with E-state index in [9.17, 15) is 9.59 Å². The minimum Gasteiger partial charge on any atom is -0.493 e. The van der Waals surface area contributed by atoms with Crippen molar-refractivity contribution in [3.63, 3.8) is 0 Å². The van der Waals surface area contributed by atoms with Crippen LogP contribution in [0.25, 0.3) is 11.7 Å². The van der Waals surface area contributed by atoms with Crippen molar-refractivity contribution in [2.75, 3.05) is 13.7 Å². The highest BCUT2D eigenvalue weighted by Gasteiger charge is 2.07. The molecule has 0 aliphatic heterocycles. The number of benzene rings is 1. The first-order valence-corrected chi connectivity index (χ1v) is 9.50. The Morgan fingerprint density at radius 3 is 2.87 bits per heavy atom. The summed E-state index contributed by atoms with van der Waals surface area (Å²) in [5.74, 6) is 0.282. The van der Waals surface area contributed by atoms with E-state index in [0.29, 0.717) is 28.4 Å². The second kappa shape index (κ2) is 9.71. The Morgan fingerprint density at radius 1 is 1.27 bits per heavy atom. The van der Waals surface area contributed by atoms with Crippen LogP contribution >= 0.6 is 15.9 Å². The van der Waals surface area contributed by atoms with Crippen LogP contribution in [0.3, 0.4) is 0 Å². The molecule has 0 unspecified atom stereocenters. The number of nitrogens with zero attached hydrogens (tertiary/aromatic N) is 3. The maximum Gasteiger partial charge on any atom is 0.331 e. The van der Waals surface area contributed by atoms with Crippen molar-refractivity contribution in [3.05, 3.63) is 74.8 Å². The molecular weight excluding hydrogens is 454 g/mol. The quantitative estimate of drug-likeness (QED) is 0.386. The zero-order valence-corrected chi connectivity index (χ0v) is 17.5. The summed E-state index contributed by atoms with van der Waals surface area (Å²) >= 11 is 3.30. The first-order chi connectivity index (χ1) is 14.5. The molecule has 0 aliphatic rings. The molecule has 0 atom stereocenters. The number of methoxy groups -OCH3 is 1. The average molecular weight is 470 g/mol. The number of hydrogen-bond acceptors (Lipinski definition) is 7. The lowest BCUT2D eigenvalue weighted by atomic mass is 10.2. The van der Waals surface area contributed by atoms with Gasteiger partial charge >= 0.3 is 5.97 Å². The highest BCUT2D eigenvalue weighted by Crippen LogP contribution is 2.28. The molecule has 1 aromatic carbocycles. The lowest BCUT2D eigenvalue weighted by Crippen LogP contribution is -2.16. The van der Waals surface area contributed by atoms with Gasteiger partial charge in [0.05, 0.1) is 12.8 Å². The Kier molecular flexibility index (Phi) is 6.83. The van der Waals surface area contributed by atoms with Gasteiger partial charge in [0.25, 0.3) is 5.56 Å². The van der Waals surface area contributed by atoms with Gasteiger partial charge < -0.3 is 14.2 Å². The van der Waals surface area contributed by atoms with Crippen molar-refractivity contribution < 1.29 is 19.0 Å². The fourth-order valence-electron chi connectivity index (χ4n) is 2.57. The summed E-state index contributed by atoms with van der Waals surface area (Å²) in [4.78, 5) is 28.5. The Bertz CT molecular complexity index is 1210. The molecule has 0 aliphatic carbocycles. The summed E-state index contributed by atoms with van der Waals surface area (Å²) in [5.41, 5.74) is 1.22. The number of pyridine rings is 1. The van der Waals surface area contributed by atoms with Crippen LogP contribution in [0.5, 0.6) is 11.5 Å². The maximum atomic E-state index is 12.2. The number of aromatic nitrogens is 2. The third-order valence-electron chi connectivity index (χ3n) is 3.93. The first kappa shape index (κ1) is 21.1. The van der Waals surface area contributed by atoms with Gasteiger partial charge in [-0.1, -0.05) is 6.07 Å². The van der Waals surface area contributed by atoms with Crippen LogP contribution in [0, 0.1) is 11.3 Å². The molecule has 8 nitrogen and oxygen atoms in total. The molecule has 9 heteroatoms. The third-order valence-corrected chi connectivity index (χ3v) is 4.40. The molecule has 0 bridgehead atoms. The fraction of sp³-hybridized carbons (Fsp3) is 0.143. The Balaban J connectivity index is 1.65. The van der Waals surface area contributed by atoms with Gasteiger partial charge in [-0.2, -0.15) is 5.26 Å². The molecule has 0 N–H and O–H groups in total. The van der Waals surface area contributed by atoms with Crippen LogP contribution in [0.4, 0.5) is 0 Å². The van der Waals surface area contributed by atoms with Crippen LogP contribution < -0.4 is 15.0 Å². The summed E-state index contributed by atoms with van der Waals surface area (Å²) in [6, 6.07) is 11.7. The van der Waals surface area contributed by atoms with Crippen molar-refractivity contribution in [3.8, 4) is 17.6 Å². The maximum absolute atomic E-state index is 12.2. The second-order valence-corrected chi connectivity index (χ2v) is 6.88. The van der Waals surface area contributed by atoms with Crippen LogP contribution in [-0.4, -0.2) is 29.1 Å². The van der Waals surface area contributed by atoms with E-state index in [4.69, 9.17) is 19.5 Å². The van der Waals surface area contributed by atoms with Crippen LogP contribution in [0.2, 0.25) is 0 Å². The molecule has 0 spiro atoms. The minimum absolute atomic E-state index is 0.0957. The number of hydrogen-bond donors (Lipinski definition) is 0. The number of ether oxygens (including phenoxy) is 3. The predicted molar refractivity (Wildman–Crippen MR) is 112 cm³/mol. The van der Waals surface area contributed by atoms with Crippen LogP contribution in [0.1, 0.15) is 11.3 Å². The van der Waals surface area contributed by atoms with Gasteiger partial charge in [-0.3, -0.25) is 9.20 Å². The topological polar surface area (TPSA) is 103 Å². The van der Waals surface area contributed by atoms with Gasteiger partial charge in [0.2, 0.25) is 0 Å². The molecule has 2 aromatic heterocycles. The number of nitriles is 1. The van der Waals surface area contributed by atoms with E-state index in [1.807, 2.05) is 6.07 Å². The molecule has 30 heavy (non-hydrogen) atoms. The smallest absolute Gasteiger partial charge is 0.331 e. The van der Waals surface area contributed by atoms with E-state index in [-0.39, 0.29) is 18.8 Å². The summed E-state index contributed by atoms with van der Waals surface area (Å²) in [7, 11) is 1.48. The molecule has 2 heterocycles. The highest BCUT2D eigenvalue weighted by molar-refractivity contribution is 9.10. The van der Waals surface area contributed by atoms with E-state index >= 15 is 0 Å². The van der Waals surface area contributed by atoms with E-state index < -0.39 is 5.97 Å². The predicted octanol–water partition coefficient (Wildman–Crippen LogP) is 3.12. The number of esters is 1. The summed E-state index contributed by atoms with van der Waals surface area (Å²) in [5, 5.41) is 8.60. The number of halogens is 1. The Morgan fingerprint density at radius 2 is 2.10 bits per heavy atom. The normalized spacial score (nSPS) is 10.7. The van der Waals surface area contributed by atoms with Gasteiger partial charge in [0.15, 0.2) is 18.1 Å². The molecule has 0 saturated heterocycles. The lowest BCUT2D eigenvalue weighted by Gasteiger charge is -2.08. The van der Waals surface area contributed by atoms with E-state index in [0.717, 1.165) is 4.47 Å². The van der Waals surface area contributed by atoms with Crippen molar-refractivity contribution in [2.24, 2.45) is 0 Å². The molecule has 0 amide bonds. The van der Waals surface area contributed by atoms with Gasteiger partial charge in [-0.05, 0) is 51.8 Å².